The average Bonchev–Trinajstić information content (AvgIpc) is 2.64. The van der Waals surface area contributed by atoms with E-state index in [1.165, 1.54) is 11.6 Å². The molecule has 0 spiro atoms. The SMILES string of the molecule is CCNC(=NCCN1CCN(CC)CC1)NCCc1ccc(F)cc1C.I. The highest BCUT2D eigenvalue weighted by Gasteiger charge is 2.14. The summed E-state index contributed by atoms with van der Waals surface area (Å²) >= 11 is 0. The first-order valence-electron chi connectivity index (χ1n) is 9.84. The molecule has 0 amide bonds. The standard InChI is InChI=1S/C20H34FN5.HI/c1-4-22-20(23-9-8-18-6-7-19(21)16-17(18)3)24-10-11-26-14-12-25(5-2)13-15-26;/h6-7,16H,4-5,8-15H2,1-3H3,(H2,22,23,24);1H. The summed E-state index contributed by atoms with van der Waals surface area (Å²) in [7, 11) is 0. The first-order chi connectivity index (χ1) is 12.6. The second-order valence-corrected chi connectivity index (χ2v) is 6.78. The van der Waals surface area contributed by atoms with Crippen molar-refractivity contribution in [1.82, 2.24) is 20.4 Å². The molecule has 0 atom stereocenters. The smallest absolute Gasteiger partial charge is 0.191 e. The molecule has 1 aliphatic heterocycles. The van der Waals surface area contributed by atoms with Crippen LogP contribution in [-0.4, -0.2) is 74.7 Å². The lowest BCUT2D eigenvalue weighted by molar-refractivity contribution is 0.140. The van der Waals surface area contributed by atoms with Crippen LogP contribution >= 0.6 is 24.0 Å². The number of benzene rings is 1. The minimum Gasteiger partial charge on any atom is -0.357 e. The number of nitrogens with zero attached hydrogens (tertiary/aromatic N) is 3. The molecule has 7 heteroatoms. The molecule has 2 N–H and O–H groups in total. The van der Waals surface area contributed by atoms with Crippen molar-refractivity contribution in [2.75, 3.05) is 58.9 Å². The van der Waals surface area contributed by atoms with Crippen molar-refractivity contribution < 1.29 is 4.39 Å². The number of hydrogen-bond donors (Lipinski definition) is 2. The second-order valence-electron chi connectivity index (χ2n) is 6.78. The number of nitrogens with one attached hydrogen (secondary N) is 2. The minimum atomic E-state index is -0.172. The lowest BCUT2D eigenvalue weighted by atomic mass is 10.1. The van der Waals surface area contributed by atoms with Crippen LogP contribution in [-0.2, 0) is 6.42 Å². The van der Waals surface area contributed by atoms with Gasteiger partial charge in [0.15, 0.2) is 5.96 Å². The van der Waals surface area contributed by atoms with Crippen molar-refractivity contribution >= 4 is 29.9 Å². The van der Waals surface area contributed by atoms with Gasteiger partial charge >= 0.3 is 0 Å². The average molecular weight is 491 g/mol. The molecular formula is C20H35FIN5. The third-order valence-electron chi connectivity index (χ3n) is 4.93. The molecule has 154 valence electrons. The Hall–Kier alpha value is -0.930. The molecule has 27 heavy (non-hydrogen) atoms. The van der Waals surface area contributed by atoms with E-state index in [1.54, 1.807) is 6.07 Å². The van der Waals surface area contributed by atoms with E-state index >= 15 is 0 Å². The van der Waals surface area contributed by atoms with E-state index in [0.29, 0.717) is 0 Å². The van der Waals surface area contributed by atoms with E-state index in [4.69, 9.17) is 4.99 Å². The zero-order valence-electron chi connectivity index (χ0n) is 16.9. The Labute approximate surface area is 180 Å². The number of guanidine groups is 1. The molecule has 1 aliphatic rings. The van der Waals surface area contributed by atoms with Gasteiger partial charge in [-0.2, -0.15) is 0 Å². The van der Waals surface area contributed by atoms with Crippen LogP contribution in [0.3, 0.4) is 0 Å². The van der Waals surface area contributed by atoms with Crippen LogP contribution in [0.15, 0.2) is 23.2 Å². The van der Waals surface area contributed by atoms with E-state index < -0.39 is 0 Å². The van der Waals surface area contributed by atoms with E-state index in [2.05, 4.69) is 34.3 Å². The van der Waals surface area contributed by atoms with Crippen molar-refractivity contribution in [3.05, 3.63) is 35.1 Å². The summed E-state index contributed by atoms with van der Waals surface area (Å²) < 4.78 is 13.2. The number of likely N-dealkylation sites (N-methyl/N-ethyl adjacent to an activating group) is 1. The molecule has 0 unspecified atom stereocenters. The van der Waals surface area contributed by atoms with Crippen LogP contribution in [0.5, 0.6) is 0 Å². The number of hydrogen-bond acceptors (Lipinski definition) is 3. The molecule has 0 aliphatic carbocycles. The van der Waals surface area contributed by atoms with Crippen LogP contribution in [0.4, 0.5) is 4.39 Å². The fourth-order valence-electron chi connectivity index (χ4n) is 3.23. The predicted molar refractivity (Wildman–Crippen MR) is 123 cm³/mol. The maximum atomic E-state index is 13.2. The van der Waals surface area contributed by atoms with E-state index in [0.717, 1.165) is 76.8 Å². The fourth-order valence-corrected chi connectivity index (χ4v) is 3.23. The second kappa shape index (κ2) is 13.3. The molecule has 1 fully saturated rings. The van der Waals surface area contributed by atoms with Gasteiger partial charge in [0.1, 0.15) is 5.82 Å². The summed E-state index contributed by atoms with van der Waals surface area (Å²) in [4.78, 5) is 9.67. The van der Waals surface area contributed by atoms with Gasteiger partial charge in [-0.15, -0.1) is 24.0 Å². The topological polar surface area (TPSA) is 42.9 Å². The molecule has 0 saturated carbocycles. The highest BCUT2D eigenvalue weighted by molar-refractivity contribution is 14.0. The lowest BCUT2D eigenvalue weighted by Crippen LogP contribution is -2.47. The third kappa shape index (κ3) is 8.74. The zero-order valence-corrected chi connectivity index (χ0v) is 19.3. The van der Waals surface area contributed by atoms with Gasteiger partial charge in [0, 0.05) is 45.8 Å². The normalized spacial score (nSPS) is 16.1. The Morgan fingerprint density at radius 2 is 1.81 bits per heavy atom. The molecule has 0 aromatic heterocycles. The van der Waals surface area contributed by atoms with Crippen molar-refractivity contribution in [3.63, 3.8) is 0 Å². The molecule has 0 radical (unpaired) electrons. The maximum absolute atomic E-state index is 13.2. The van der Waals surface area contributed by atoms with Gasteiger partial charge in [-0.1, -0.05) is 13.0 Å². The van der Waals surface area contributed by atoms with Gasteiger partial charge in [0.25, 0.3) is 0 Å². The van der Waals surface area contributed by atoms with Crippen molar-refractivity contribution in [2.45, 2.75) is 27.2 Å². The molecular weight excluding hydrogens is 456 g/mol. The summed E-state index contributed by atoms with van der Waals surface area (Å²) in [5.41, 5.74) is 2.17. The highest BCUT2D eigenvalue weighted by atomic mass is 127. The number of halogens is 2. The predicted octanol–water partition coefficient (Wildman–Crippen LogP) is 2.49. The van der Waals surface area contributed by atoms with Crippen LogP contribution in [0.1, 0.15) is 25.0 Å². The Kier molecular flexibility index (Phi) is 11.9. The third-order valence-corrected chi connectivity index (χ3v) is 4.93. The van der Waals surface area contributed by atoms with E-state index in [-0.39, 0.29) is 29.8 Å². The number of piperazine rings is 1. The summed E-state index contributed by atoms with van der Waals surface area (Å²) in [6.07, 6.45) is 0.857. The van der Waals surface area contributed by atoms with Crippen LogP contribution in [0.2, 0.25) is 0 Å². The molecule has 1 heterocycles. The molecule has 1 aromatic carbocycles. The van der Waals surface area contributed by atoms with Gasteiger partial charge < -0.3 is 15.5 Å². The maximum Gasteiger partial charge on any atom is 0.191 e. The van der Waals surface area contributed by atoms with E-state index in [1.807, 2.05) is 13.0 Å². The zero-order chi connectivity index (χ0) is 18.8. The van der Waals surface area contributed by atoms with Gasteiger partial charge in [-0.3, -0.25) is 9.89 Å². The molecule has 1 saturated heterocycles. The van der Waals surface area contributed by atoms with Crippen molar-refractivity contribution in [3.8, 4) is 0 Å². The fraction of sp³-hybridized carbons (Fsp3) is 0.650. The molecule has 2 rings (SSSR count). The van der Waals surface area contributed by atoms with Crippen LogP contribution in [0, 0.1) is 12.7 Å². The summed E-state index contributed by atoms with van der Waals surface area (Å²) in [5, 5.41) is 6.68. The Bertz CT molecular complexity index is 573. The van der Waals surface area contributed by atoms with Crippen LogP contribution in [0.25, 0.3) is 0 Å². The molecule has 1 aromatic rings. The molecule has 0 bridgehead atoms. The van der Waals surface area contributed by atoms with Gasteiger partial charge in [0.05, 0.1) is 6.54 Å². The molecule has 5 nitrogen and oxygen atoms in total. The largest absolute Gasteiger partial charge is 0.357 e. The first kappa shape index (κ1) is 24.1. The Morgan fingerprint density at radius 1 is 1.11 bits per heavy atom. The summed E-state index contributed by atoms with van der Waals surface area (Å²) in [6.45, 7) is 15.4. The lowest BCUT2D eigenvalue weighted by Gasteiger charge is -2.33. The van der Waals surface area contributed by atoms with Gasteiger partial charge in [-0.25, -0.2) is 4.39 Å². The minimum absolute atomic E-state index is 0. The van der Waals surface area contributed by atoms with Crippen molar-refractivity contribution in [1.29, 1.82) is 0 Å². The number of aryl methyl sites for hydroxylation is 1. The summed E-state index contributed by atoms with van der Waals surface area (Å²) in [6, 6.07) is 4.99. The quantitative estimate of drug-likeness (QED) is 0.333. The van der Waals surface area contributed by atoms with Gasteiger partial charge in [-0.05, 0) is 50.1 Å². The Balaban J connectivity index is 0.00000364. The highest BCUT2D eigenvalue weighted by Crippen LogP contribution is 2.10. The van der Waals surface area contributed by atoms with E-state index in [9.17, 15) is 4.39 Å². The van der Waals surface area contributed by atoms with Crippen LogP contribution < -0.4 is 10.6 Å². The monoisotopic (exact) mass is 491 g/mol. The summed E-state index contributed by atoms with van der Waals surface area (Å²) in [5.74, 6) is 0.688. The van der Waals surface area contributed by atoms with Crippen molar-refractivity contribution in [2.24, 2.45) is 4.99 Å². The van der Waals surface area contributed by atoms with Gasteiger partial charge in [0.2, 0.25) is 0 Å². The number of rotatable bonds is 8. The number of aliphatic imine (C=N–C) groups is 1. The Morgan fingerprint density at radius 3 is 2.44 bits per heavy atom. The first-order valence-corrected chi connectivity index (χ1v) is 9.84.